The van der Waals surface area contributed by atoms with Gasteiger partial charge in [-0.05, 0) is 25.2 Å². The smallest absolute Gasteiger partial charge is 0.306 e. The van der Waals surface area contributed by atoms with Crippen molar-refractivity contribution in [3.8, 4) is 0 Å². The number of rotatable bonds is 63. The topological polar surface area (TPSA) is 78.9 Å². The molecule has 0 spiro atoms. The lowest BCUT2D eigenvalue weighted by atomic mass is 9.99. The Hall–Kier alpha value is -1.59. The van der Waals surface area contributed by atoms with Crippen molar-refractivity contribution < 1.29 is 28.6 Å². The molecule has 0 bridgehead atoms. The van der Waals surface area contributed by atoms with Crippen molar-refractivity contribution in [1.29, 1.82) is 0 Å². The fraction of sp³-hybridized carbons (Fsp3) is 0.956. The van der Waals surface area contributed by atoms with Crippen molar-refractivity contribution in [2.75, 3.05) is 13.2 Å². The number of esters is 3. The standard InChI is InChI=1S/C68H132O6/c1-5-8-10-12-14-16-18-20-22-23-24-28-32-36-40-44-48-52-56-60-67(70)73-63-65(62-72-66(69)59-55-51-47-43-39-35-30-21-19-17-15-13-11-9-6-2)74-68(71)61-57-53-49-45-41-37-33-29-26-25-27-31-34-38-42-46-50-54-58-64(4)7-3/h64-65H,5-63H2,1-4H3/t64?,65-/m0/s1. The molecule has 0 saturated heterocycles. The molecule has 440 valence electrons. The molecule has 0 aromatic rings. The van der Waals surface area contributed by atoms with Crippen molar-refractivity contribution in [2.45, 2.75) is 400 Å². The summed E-state index contributed by atoms with van der Waals surface area (Å²) >= 11 is 0. The van der Waals surface area contributed by atoms with Gasteiger partial charge in [-0.2, -0.15) is 0 Å². The van der Waals surface area contributed by atoms with Crippen LogP contribution in [0, 0.1) is 5.92 Å². The summed E-state index contributed by atoms with van der Waals surface area (Å²) in [5.74, 6) is 0.0861. The molecule has 0 aliphatic rings. The molecule has 1 unspecified atom stereocenters. The average molecular weight is 1050 g/mol. The molecule has 0 saturated carbocycles. The molecular formula is C68H132O6. The minimum Gasteiger partial charge on any atom is -0.462 e. The normalized spacial score (nSPS) is 12.3. The van der Waals surface area contributed by atoms with E-state index in [0.29, 0.717) is 19.3 Å². The van der Waals surface area contributed by atoms with Crippen LogP contribution in [0.5, 0.6) is 0 Å². The minimum absolute atomic E-state index is 0.0607. The maximum atomic E-state index is 12.9. The molecule has 2 atom stereocenters. The first kappa shape index (κ1) is 72.4. The lowest BCUT2D eigenvalue weighted by Crippen LogP contribution is -2.30. The van der Waals surface area contributed by atoms with Gasteiger partial charge in [0.2, 0.25) is 0 Å². The molecule has 0 aromatic carbocycles. The number of unbranched alkanes of at least 4 members (excludes halogenated alkanes) is 49. The van der Waals surface area contributed by atoms with E-state index in [-0.39, 0.29) is 31.1 Å². The summed E-state index contributed by atoms with van der Waals surface area (Å²) in [6, 6.07) is 0. The van der Waals surface area contributed by atoms with E-state index in [4.69, 9.17) is 14.2 Å². The monoisotopic (exact) mass is 1050 g/mol. The molecule has 74 heavy (non-hydrogen) atoms. The SMILES string of the molecule is CCCCCCCCCCCCCCCCCCCCCC(=O)OC[C@H](COC(=O)CCCCCCCCCCCCCCCCC)OC(=O)CCCCCCCCCCCCCCCCCCCCC(C)CC. The third-order valence-electron chi connectivity index (χ3n) is 16.2. The van der Waals surface area contributed by atoms with Gasteiger partial charge in [0.05, 0.1) is 0 Å². The summed E-state index contributed by atoms with van der Waals surface area (Å²) in [7, 11) is 0. The first-order valence-corrected chi connectivity index (χ1v) is 33.9. The lowest BCUT2D eigenvalue weighted by Gasteiger charge is -2.18. The van der Waals surface area contributed by atoms with Gasteiger partial charge in [0, 0.05) is 19.3 Å². The Labute approximate surface area is 463 Å². The fourth-order valence-electron chi connectivity index (χ4n) is 10.7. The van der Waals surface area contributed by atoms with Gasteiger partial charge in [-0.1, -0.05) is 355 Å². The highest BCUT2D eigenvalue weighted by atomic mass is 16.6. The van der Waals surface area contributed by atoms with Gasteiger partial charge in [-0.25, -0.2) is 0 Å². The van der Waals surface area contributed by atoms with Gasteiger partial charge in [0.25, 0.3) is 0 Å². The van der Waals surface area contributed by atoms with Crippen LogP contribution >= 0.6 is 0 Å². The Morgan fingerprint density at radius 1 is 0.270 bits per heavy atom. The predicted octanol–water partition coefficient (Wildman–Crippen LogP) is 22.9. The zero-order valence-electron chi connectivity index (χ0n) is 50.8. The van der Waals surface area contributed by atoms with Crippen molar-refractivity contribution in [3.05, 3.63) is 0 Å². The Kier molecular flexibility index (Phi) is 60.9. The third kappa shape index (κ3) is 59.7. The molecule has 0 rings (SSSR count). The number of carbonyl (C=O) groups is 3. The lowest BCUT2D eigenvalue weighted by molar-refractivity contribution is -0.167. The Morgan fingerprint density at radius 2 is 0.473 bits per heavy atom. The molecule has 0 fully saturated rings. The average Bonchev–Trinajstić information content (AvgIpc) is 3.40. The maximum absolute atomic E-state index is 12.9. The van der Waals surface area contributed by atoms with Crippen molar-refractivity contribution >= 4 is 17.9 Å². The van der Waals surface area contributed by atoms with E-state index in [2.05, 4.69) is 27.7 Å². The second-order valence-corrected chi connectivity index (χ2v) is 23.7. The molecular weight excluding hydrogens is 913 g/mol. The molecule has 0 aliphatic heterocycles. The van der Waals surface area contributed by atoms with E-state index in [1.165, 1.54) is 289 Å². The highest BCUT2D eigenvalue weighted by Crippen LogP contribution is 2.20. The number of carbonyl (C=O) groups excluding carboxylic acids is 3. The van der Waals surface area contributed by atoms with Crippen LogP contribution < -0.4 is 0 Å². The quantitative estimate of drug-likeness (QED) is 0.0343. The molecule has 0 radical (unpaired) electrons. The third-order valence-corrected chi connectivity index (χ3v) is 16.2. The summed E-state index contributed by atoms with van der Waals surface area (Å²) in [6.07, 6.45) is 71.1. The van der Waals surface area contributed by atoms with E-state index in [0.717, 1.165) is 63.7 Å². The van der Waals surface area contributed by atoms with E-state index < -0.39 is 6.10 Å². The molecule has 0 amide bonds. The van der Waals surface area contributed by atoms with Gasteiger partial charge in [0.1, 0.15) is 13.2 Å². The van der Waals surface area contributed by atoms with Gasteiger partial charge < -0.3 is 14.2 Å². The van der Waals surface area contributed by atoms with Crippen LogP contribution in [0.1, 0.15) is 394 Å². The van der Waals surface area contributed by atoms with Crippen LogP contribution in [0.25, 0.3) is 0 Å². The highest BCUT2D eigenvalue weighted by Gasteiger charge is 2.19. The Balaban J connectivity index is 4.26. The van der Waals surface area contributed by atoms with E-state index in [1.54, 1.807) is 0 Å². The predicted molar refractivity (Wildman–Crippen MR) is 321 cm³/mol. The molecule has 0 aromatic heterocycles. The molecule has 0 aliphatic carbocycles. The Morgan fingerprint density at radius 3 is 0.703 bits per heavy atom. The van der Waals surface area contributed by atoms with Crippen LogP contribution in [-0.4, -0.2) is 37.2 Å². The first-order chi connectivity index (χ1) is 36.4. The fourth-order valence-corrected chi connectivity index (χ4v) is 10.7. The van der Waals surface area contributed by atoms with Crippen LogP contribution in [0.2, 0.25) is 0 Å². The zero-order valence-corrected chi connectivity index (χ0v) is 50.8. The number of ether oxygens (including phenoxy) is 3. The highest BCUT2D eigenvalue weighted by molar-refractivity contribution is 5.71. The van der Waals surface area contributed by atoms with Crippen LogP contribution in [0.15, 0.2) is 0 Å². The van der Waals surface area contributed by atoms with Gasteiger partial charge >= 0.3 is 17.9 Å². The Bertz CT molecular complexity index is 1120. The summed E-state index contributed by atoms with van der Waals surface area (Å²) in [4.78, 5) is 38.4. The summed E-state index contributed by atoms with van der Waals surface area (Å²) < 4.78 is 17.0. The molecule has 6 heteroatoms. The van der Waals surface area contributed by atoms with E-state index >= 15 is 0 Å². The summed E-state index contributed by atoms with van der Waals surface area (Å²) in [5.41, 5.74) is 0. The minimum atomic E-state index is -0.763. The molecule has 0 N–H and O–H groups in total. The zero-order chi connectivity index (χ0) is 53.7. The second-order valence-electron chi connectivity index (χ2n) is 23.7. The molecule has 0 heterocycles. The van der Waals surface area contributed by atoms with Crippen molar-refractivity contribution in [1.82, 2.24) is 0 Å². The first-order valence-electron chi connectivity index (χ1n) is 33.9. The van der Waals surface area contributed by atoms with Crippen LogP contribution in [-0.2, 0) is 28.6 Å². The van der Waals surface area contributed by atoms with Gasteiger partial charge in [-0.3, -0.25) is 14.4 Å². The van der Waals surface area contributed by atoms with Crippen LogP contribution in [0.3, 0.4) is 0 Å². The van der Waals surface area contributed by atoms with Gasteiger partial charge in [0.15, 0.2) is 6.10 Å². The largest absolute Gasteiger partial charge is 0.462 e. The maximum Gasteiger partial charge on any atom is 0.306 e. The summed E-state index contributed by atoms with van der Waals surface area (Å²) in [6.45, 7) is 9.14. The van der Waals surface area contributed by atoms with E-state index in [9.17, 15) is 14.4 Å². The van der Waals surface area contributed by atoms with Crippen molar-refractivity contribution in [2.24, 2.45) is 5.92 Å². The number of hydrogen-bond acceptors (Lipinski definition) is 6. The summed E-state index contributed by atoms with van der Waals surface area (Å²) in [5, 5.41) is 0. The second kappa shape index (κ2) is 62.3. The molecule has 6 nitrogen and oxygen atoms in total. The van der Waals surface area contributed by atoms with Gasteiger partial charge in [-0.15, -0.1) is 0 Å². The van der Waals surface area contributed by atoms with E-state index in [1.807, 2.05) is 0 Å². The number of hydrogen-bond donors (Lipinski definition) is 0. The van der Waals surface area contributed by atoms with Crippen molar-refractivity contribution in [3.63, 3.8) is 0 Å². The van der Waals surface area contributed by atoms with Crippen LogP contribution in [0.4, 0.5) is 0 Å².